The van der Waals surface area contributed by atoms with Gasteiger partial charge in [-0.25, -0.2) is 4.39 Å². The van der Waals surface area contributed by atoms with Gasteiger partial charge < -0.3 is 11.1 Å². The molecule has 5 heteroatoms. The lowest BCUT2D eigenvalue weighted by molar-refractivity contribution is 0.627. The molecule has 0 bridgehead atoms. The van der Waals surface area contributed by atoms with Crippen molar-refractivity contribution in [1.82, 2.24) is 0 Å². The van der Waals surface area contributed by atoms with Crippen LogP contribution in [0.1, 0.15) is 0 Å². The molecule has 0 unspecified atom stereocenters. The Kier molecular flexibility index (Phi) is 3.73. The van der Waals surface area contributed by atoms with Gasteiger partial charge in [-0.2, -0.15) is 0 Å². The van der Waals surface area contributed by atoms with Gasteiger partial charge in [-0.1, -0.05) is 17.7 Å². The molecule has 0 fully saturated rings. The average molecular weight is 363 g/mol. The summed E-state index contributed by atoms with van der Waals surface area (Å²) in [4.78, 5) is 0. The molecular weight excluding hydrogens is 354 g/mol. The highest BCUT2D eigenvalue weighted by Crippen LogP contribution is 2.31. The van der Waals surface area contributed by atoms with E-state index in [2.05, 4.69) is 27.9 Å². The molecule has 0 saturated heterocycles. The molecule has 2 rings (SSSR count). The van der Waals surface area contributed by atoms with Crippen LogP contribution in [0.15, 0.2) is 36.4 Å². The van der Waals surface area contributed by atoms with Crippen molar-refractivity contribution in [3.63, 3.8) is 0 Å². The summed E-state index contributed by atoms with van der Waals surface area (Å²) < 4.78 is 13.7. The molecule has 0 aromatic heterocycles. The summed E-state index contributed by atoms with van der Waals surface area (Å²) >= 11 is 7.98. The zero-order valence-corrected chi connectivity index (χ0v) is 11.6. The van der Waals surface area contributed by atoms with E-state index in [1.54, 1.807) is 18.2 Å². The molecular formula is C12H9ClFIN2. The third kappa shape index (κ3) is 2.81. The van der Waals surface area contributed by atoms with E-state index in [0.29, 0.717) is 16.4 Å². The second-order valence-corrected chi connectivity index (χ2v) is 5.02. The Morgan fingerprint density at radius 1 is 1.18 bits per heavy atom. The Balaban J connectivity index is 2.35. The van der Waals surface area contributed by atoms with Gasteiger partial charge in [0, 0.05) is 3.57 Å². The van der Waals surface area contributed by atoms with Gasteiger partial charge in [0.05, 0.1) is 22.1 Å². The number of para-hydroxylation sites is 1. The molecule has 0 radical (unpaired) electrons. The minimum absolute atomic E-state index is 0.265. The van der Waals surface area contributed by atoms with Gasteiger partial charge in [0.2, 0.25) is 0 Å². The number of nitrogen functional groups attached to an aromatic ring is 1. The summed E-state index contributed by atoms with van der Waals surface area (Å²) in [6.07, 6.45) is 0. The molecule has 88 valence electrons. The lowest BCUT2D eigenvalue weighted by Gasteiger charge is -2.11. The van der Waals surface area contributed by atoms with Gasteiger partial charge in [-0.3, -0.25) is 0 Å². The first-order chi connectivity index (χ1) is 8.08. The normalized spacial score (nSPS) is 10.3. The van der Waals surface area contributed by atoms with Gasteiger partial charge in [0.15, 0.2) is 0 Å². The Morgan fingerprint density at radius 3 is 2.65 bits per heavy atom. The van der Waals surface area contributed by atoms with E-state index < -0.39 is 0 Å². The molecule has 2 aromatic carbocycles. The highest BCUT2D eigenvalue weighted by molar-refractivity contribution is 14.1. The molecule has 0 saturated carbocycles. The summed E-state index contributed by atoms with van der Waals surface area (Å²) in [5.41, 5.74) is 7.82. The second-order valence-electron chi connectivity index (χ2n) is 3.45. The van der Waals surface area contributed by atoms with Crippen LogP contribution in [0.3, 0.4) is 0 Å². The third-order valence-corrected chi connectivity index (χ3v) is 3.48. The van der Waals surface area contributed by atoms with Crippen LogP contribution in [-0.2, 0) is 0 Å². The van der Waals surface area contributed by atoms with Crippen molar-refractivity contribution in [3.05, 3.63) is 50.8 Å². The molecule has 3 N–H and O–H groups in total. The van der Waals surface area contributed by atoms with Crippen molar-refractivity contribution in [3.8, 4) is 0 Å². The summed E-state index contributed by atoms with van der Waals surface area (Å²) in [5, 5.41) is 3.62. The fraction of sp³-hybridized carbons (Fsp3) is 0. The van der Waals surface area contributed by atoms with Gasteiger partial charge in [-0.05, 0) is 52.9 Å². The molecule has 2 aromatic rings. The number of hydrogen-bond donors (Lipinski definition) is 2. The first-order valence-electron chi connectivity index (χ1n) is 4.84. The molecule has 0 spiro atoms. The van der Waals surface area contributed by atoms with Crippen LogP contribution in [0.4, 0.5) is 21.5 Å². The monoisotopic (exact) mass is 362 g/mol. The maximum absolute atomic E-state index is 13.0. The van der Waals surface area contributed by atoms with Crippen LogP contribution >= 0.6 is 34.2 Å². The molecule has 17 heavy (non-hydrogen) atoms. The Bertz CT molecular complexity index is 560. The summed E-state index contributed by atoms with van der Waals surface area (Å²) in [6, 6.07) is 9.85. The van der Waals surface area contributed by atoms with E-state index in [-0.39, 0.29) is 5.82 Å². The Morgan fingerprint density at radius 2 is 1.94 bits per heavy atom. The summed E-state index contributed by atoms with van der Waals surface area (Å²) in [5.74, 6) is -0.265. The van der Waals surface area contributed by atoms with Crippen molar-refractivity contribution in [2.45, 2.75) is 0 Å². The molecule has 0 heterocycles. The number of anilines is 3. The molecule has 0 atom stereocenters. The average Bonchev–Trinajstić information content (AvgIpc) is 2.28. The minimum Gasteiger partial charge on any atom is -0.396 e. The predicted molar refractivity (Wildman–Crippen MR) is 78.3 cm³/mol. The van der Waals surface area contributed by atoms with Crippen molar-refractivity contribution in [2.24, 2.45) is 0 Å². The number of rotatable bonds is 2. The lowest BCUT2D eigenvalue weighted by atomic mass is 10.2. The van der Waals surface area contributed by atoms with Crippen LogP contribution in [0.5, 0.6) is 0 Å². The van der Waals surface area contributed by atoms with Crippen LogP contribution in [0.25, 0.3) is 0 Å². The van der Waals surface area contributed by atoms with Crippen LogP contribution in [-0.4, -0.2) is 0 Å². The van der Waals surface area contributed by atoms with Crippen LogP contribution in [0.2, 0.25) is 5.02 Å². The zero-order valence-electron chi connectivity index (χ0n) is 8.68. The van der Waals surface area contributed by atoms with E-state index in [9.17, 15) is 4.39 Å². The van der Waals surface area contributed by atoms with Gasteiger partial charge >= 0.3 is 0 Å². The number of hydrogen-bond acceptors (Lipinski definition) is 2. The fourth-order valence-corrected chi connectivity index (χ4v) is 2.17. The first kappa shape index (κ1) is 12.4. The topological polar surface area (TPSA) is 38.0 Å². The van der Waals surface area contributed by atoms with Crippen LogP contribution < -0.4 is 11.1 Å². The highest BCUT2D eigenvalue weighted by Gasteiger charge is 2.06. The molecule has 0 aliphatic heterocycles. The number of nitrogens with two attached hydrogens (primary N) is 1. The number of halogens is 3. The highest BCUT2D eigenvalue weighted by atomic mass is 127. The van der Waals surface area contributed by atoms with Gasteiger partial charge in [-0.15, -0.1) is 0 Å². The fourth-order valence-electron chi connectivity index (χ4n) is 1.38. The smallest absolute Gasteiger partial charge is 0.124 e. The second kappa shape index (κ2) is 5.10. The Hall–Kier alpha value is -1.01. The largest absolute Gasteiger partial charge is 0.396 e. The van der Waals surface area contributed by atoms with Crippen molar-refractivity contribution < 1.29 is 4.39 Å². The Labute approximate surface area is 117 Å². The molecule has 0 aliphatic rings. The number of nitrogens with one attached hydrogen (secondary N) is 1. The van der Waals surface area contributed by atoms with Gasteiger partial charge in [0.1, 0.15) is 5.82 Å². The third-order valence-electron chi connectivity index (χ3n) is 2.25. The lowest BCUT2D eigenvalue weighted by Crippen LogP contribution is -1.98. The first-order valence-corrected chi connectivity index (χ1v) is 6.29. The maximum atomic E-state index is 13.0. The minimum atomic E-state index is -0.265. The molecule has 0 amide bonds. The van der Waals surface area contributed by atoms with Gasteiger partial charge in [0.25, 0.3) is 0 Å². The SMILES string of the molecule is Nc1c(Cl)cccc1Nc1ccc(F)cc1I. The predicted octanol–water partition coefficient (Wildman–Crippen LogP) is 4.41. The maximum Gasteiger partial charge on any atom is 0.124 e. The van der Waals surface area contributed by atoms with E-state index in [4.69, 9.17) is 17.3 Å². The standard InChI is InChI=1S/C12H9ClFIN2/c13-8-2-1-3-11(12(8)16)17-10-5-4-7(14)6-9(10)15/h1-6,17H,16H2. The zero-order chi connectivity index (χ0) is 12.4. The van der Waals surface area contributed by atoms with E-state index >= 15 is 0 Å². The van der Waals surface area contributed by atoms with Crippen molar-refractivity contribution in [2.75, 3.05) is 11.1 Å². The van der Waals surface area contributed by atoms with Crippen molar-refractivity contribution in [1.29, 1.82) is 0 Å². The van der Waals surface area contributed by atoms with E-state index in [0.717, 1.165) is 9.26 Å². The van der Waals surface area contributed by atoms with Crippen LogP contribution in [0, 0.1) is 9.39 Å². The molecule has 0 aliphatic carbocycles. The quantitative estimate of drug-likeness (QED) is 0.613. The molecule has 2 nitrogen and oxygen atoms in total. The summed E-state index contributed by atoms with van der Waals surface area (Å²) in [6.45, 7) is 0. The van der Waals surface area contributed by atoms with E-state index in [1.165, 1.54) is 12.1 Å². The van der Waals surface area contributed by atoms with E-state index in [1.807, 2.05) is 6.07 Å². The summed E-state index contributed by atoms with van der Waals surface area (Å²) in [7, 11) is 0. The number of benzene rings is 2. The van der Waals surface area contributed by atoms with Crippen molar-refractivity contribution >= 4 is 51.3 Å².